The molecule has 8 nitrogen and oxygen atoms in total. The van der Waals surface area contributed by atoms with Crippen molar-refractivity contribution in [2.75, 3.05) is 23.0 Å². The van der Waals surface area contributed by atoms with E-state index in [1.54, 1.807) is 332 Å². The Bertz CT molecular complexity index is 9560. The topological polar surface area (TPSA) is 111 Å². The SMILES string of the molecule is CC(C)(C)c1cc2cc(c1)C(=O)NCc1ccc(cc1)OC(=O)CSCC1=C(CSCC(=O)Oc3ccc(cc3)CNC2=O)CC23c4c5c6c7c8c9c(c%10c%11c2c2c4c4c%12c5c5c6c6c8c8c%13c9c9c%10c%10c%11c%11c2c2c4c4c%12c%12c5c5c6c8c6c8c%13c9c9c%10c%10c%11c2c2c4c4c%12c5c6c5c8c9c%10c2c45)C3C17. The highest BCUT2D eigenvalue weighted by Gasteiger charge is 2.65. The number of thioether (sulfide) groups is 2. The maximum absolute atomic E-state index is 14.8. The molecule has 3 unspecified atom stereocenters. The molecule has 0 radical (unpaired) electrons. The molecule has 2 amide bonds. The van der Waals surface area contributed by atoms with Gasteiger partial charge in [-0.1, -0.05) is 56.2 Å². The molecule has 3 atom stereocenters. The van der Waals surface area contributed by atoms with E-state index < -0.39 is 5.41 Å². The Hall–Kier alpha value is -11.6. The fourth-order valence-corrected chi connectivity index (χ4v) is 31.2. The van der Waals surface area contributed by atoms with E-state index in [9.17, 15) is 19.2 Å². The van der Waals surface area contributed by atoms with E-state index in [4.69, 9.17) is 9.47 Å². The summed E-state index contributed by atoms with van der Waals surface area (Å²) in [5.41, 5.74) is 11.8. The molecule has 0 aromatic heterocycles. The molecule has 1 spiro atoms. The van der Waals surface area contributed by atoms with Crippen LogP contribution in [0.3, 0.4) is 0 Å². The van der Waals surface area contributed by atoms with Gasteiger partial charge in [0.25, 0.3) is 11.8 Å². The van der Waals surface area contributed by atoms with Gasteiger partial charge in [-0.15, -0.1) is 23.5 Å². The Morgan fingerprint density at radius 2 is 0.623 bits per heavy atom. The summed E-state index contributed by atoms with van der Waals surface area (Å²) < 4.78 is 12.6. The van der Waals surface area contributed by atoms with Crippen LogP contribution in [0, 0.1) is 0 Å². The van der Waals surface area contributed by atoms with Crippen molar-refractivity contribution in [1.29, 1.82) is 0 Å². The number of benzene rings is 21. The molecule has 6 bridgehead atoms. The van der Waals surface area contributed by atoms with Crippen molar-refractivity contribution in [2.24, 2.45) is 0 Å². The number of carbonyl (C=O) groups excluding carboxylic acids is 4. The molecule has 0 saturated carbocycles. The number of fused-ring (bicyclic) bond motifs is 4. The summed E-state index contributed by atoms with van der Waals surface area (Å²) in [5, 5.41) is 91.1. The van der Waals surface area contributed by atoms with Gasteiger partial charge in [-0.05, 0) is 384 Å². The molecule has 4 heterocycles. The Morgan fingerprint density at radius 1 is 0.340 bits per heavy atom. The monoisotopic (exact) mass is 1380 g/mol. The lowest BCUT2D eigenvalue weighted by molar-refractivity contribution is -0.132. The number of amides is 2. The van der Waals surface area contributed by atoms with E-state index in [1.165, 1.54) is 21.9 Å². The summed E-state index contributed by atoms with van der Waals surface area (Å²) in [6.45, 7) is 6.68. The molecule has 4 aliphatic heterocycles. The minimum atomic E-state index is -0.466. The van der Waals surface area contributed by atoms with Gasteiger partial charge in [0.15, 0.2) is 0 Å². The molecule has 480 valence electrons. The predicted molar refractivity (Wildman–Crippen MR) is 437 cm³/mol. The van der Waals surface area contributed by atoms with Crippen molar-refractivity contribution in [3.8, 4) is 11.5 Å². The quantitative estimate of drug-likeness (QED) is 0.0669. The first-order valence-corrected chi connectivity index (χ1v) is 40.2. The highest BCUT2D eigenvalue weighted by atomic mass is 32.2. The molecular formula is C96H38N2O6S2. The average Bonchev–Trinajstić information content (AvgIpc) is 1.39. The first-order valence-electron chi connectivity index (χ1n) is 37.9. The van der Waals surface area contributed by atoms with E-state index in [0.717, 1.165) is 23.1 Å². The van der Waals surface area contributed by atoms with E-state index in [2.05, 4.69) is 31.4 Å². The molecule has 0 fully saturated rings. The van der Waals surface area contributed by atoms with Crippen LogP contribution in [0.5, 0.6) is 11.5 Å². The van der Waals surface area contributed by atoms with Gasteiger partial charge in [-0.3, -0.25) is 19.2 Å². The zero-order valence-electron chi connectivity index (χ0n) is 56.2. The van der Waals surface area contributed by atoms with Crippen LogP contribution in [0.2, 0.25) is 0 Å². The Balaban J connectivity index is 0.654. The molecule has 2 N–H and O–H groups in total. The van der Waals surface area contributed by atoms with Crippen molar-refractivity contribution in [3.05, 3.63) is 128 Å². The molecule has 10 heteroatoms. The van der Waals surface area contributed by atoms with Crippen molar-refractivity contribution < 1.29 is 28.7 Å². The molecule has 31 aromatic carbocycles. The molecule has 39 rings (SSSR count). The highest BCUT2D eigenvalue weighted by molar-refractivity contribution is 8.00. The summed E-state index contributed by atoms with van der Waals surface area (Å²) in [6, 6.07) is 20.3. The second kappa shape index (κ2) is 13.5. The molecule has 106 heavy (non-hydrogen) atoms. The van der Waals surface area contributed by atoms with E-state index in [1.807, 2.05) is 60.7 Å². The van der Waals surface area contributed by atoms with E-state index >= 15 is 0 Å². The largest absolute Gasteiger partial charge is 0.426 e. The molecule has 8 aliphatic rings. The number of rotatable bonds is 0. The lowest BCUT2D eigenvalue weighted by Gasteiger charge is -2.53. The first-order chi connectivity index (χ1) is 52.0. The van der Waals surface area contributed by atoms with Crippen LogP contribution in [0.1, 0.15) is 98.7 Å². The lowest BCUT2D eigenvalue weighted by Crippen LogP contribution is -2.44. The number of carbonyl (C=O) groups is 4. The van der Waals surface area contributed by atoms with E-state index in [-0.39, 0.29) is 65.6 Å². The minimum absolute atomic E-state index is 0.0320. The summed E-state index contributed by atoms with van der Waals surface area (Å²) in [5.74, 6) is 1.34. The van der Waals surface area contributed by atoms with Gasteiger partial charge in [0, 0.05) is 53.0 Å². The third-order valence-corrected chi connectivity index (χ3v) is 33.5. The summed E-state index contributed by atoms with van der Waals surface area (Å²) >= 11 is 3.39. The minimum Gasteiger partial charge on any atom is -0.426 e. The number of hydrogen-bond acceptors (Lipinski definition) is 8. The van der Waals surface area contributed by atoms with Crippen LogP contribution in [0.15, 0.2) is 77.9 Å². The van der Waals surface area contributed by atoms with Gasteiger partial charge in [-0.25, -0.2) is 0 Å². The van der Waals surface area contributed by atoms with Gasteiger partial charge >= 0.3 is 11.9 Å². The fourth-order valence-electron chi connectivity index (χ4n) is 29.4. The molecule has 31 aromatic rings. The average molecular weight is 1380 g/mol. The van der Waals surface area contributed by atoms with Crippen molar-refractivity contribution in [2.45, 2.75) is 62.9 Å². The van der Waals surface area contributed by atoms with Gasteiger partial charge in [0.2, 0.25) is 0 Å². The Kier molecular flexibility index (Phi) is 6.26. The Morgan fingerprint density at radius 3 is 0.962 bits per heavy atom. The van der Waals surface area contributed by atoms with Crippen LogP contribution >= 0.6 is 23.5 Å². The second-order valence-electron chi connectivity index (χ2n) is 35.7. The van der Waals surface area contributed by atoms with E-state index in [0.29, 0.717) is 34.1 Å². The Labute approximate surface area is 598 Å². The normalized spacial score (nSPS) is 21.0. The van der Waals surface area contributed by atoms with Crippen LogP contribution in [0.25, 0.3) is 291 Å². The molecular weight excluding hydrogens is 1340 g/mol. The van der Waals surface area contributed by atoms with Crippen LogP contribution < -0.4 is 20.1 Å². The first kappa shape index (κ1) is 49.2. The van der Waals surface area contributed by atoms with Gasteiger partial charge in [-0.2, -0.15) is 0 Å². The smallest absolute Gasteiger partial charge is 0.321 e. The predicted octanol–water partition coefficient (Wildman–Crippen LogP) is 22.7. The van der Waals surface area contributed by atoms with Gasteiger partial charge in [0.05, 0.1) is 11.5 Å². The maximum atomic E-state index is 14.8. The zero-order valence-corrected chi connectivity index (χ0v) is 57.9. The highest BCUT2D eigenvalue weighted by Crippen LogP contribution is 2.85. The molecule has 0 saturated heterocycles. The number of ether oxygens (including phenoxy) is 2. The van der Waals surface area contributed by atoms with Crippen LogP contribution in [-0.2, 0) is 33.5 Å². The zero-order chi connectivity index (χ0) is 67.1. The maximum Gasteiger partial charge on any atom is 0.321 e. The van der Waals surface area contributed by atoms with Crippen molar-refractivity contribution in [3.63, 3.8) is 0 Å². The lowest BCUT2D eigenvalue weighted by atomic mass is 9.49. The summed E-state index contributed by atoms with van der Waals surface area (Å²) in [4.78, 5) is 57.6. The summed E-state index contributed by atoms with van der Waals surface area (Å²) in [6.07, 6.45) is 0.828. The third kappa shape index (κ3) is 3.86. The van der Waals surface area contributed by atoms with Gasteiger partial charge in [0.1, 0.15) is 11.5 Å². The van der Waals surface area contributed by atoms with Crippen molar-refractivity contribution in [1.82, 2.24) is 10.6 Å². The number of nitrogens with one attached hydrogen (secondary N) is 2. The fraction of sp³-hybridized carbons (Fsp3) is 0.146. The second-order valence-corrected chi connectivity index (χ2v) is 37.7. The summed E-state index contributed by atoms with van der Waals surface area (Å²) in [7, 11) is 0. The molecule has 4 aliphatic carbocycles. The van der Waals surface area contributed by atoms with Crippen LogP contribution in [-0.4, -0.2) is 46.8 Å². The van der Waals surface area contributed by atoms with Crippen LogP contribution in [0.4, 0.5) is 0 Å². The van der Waals surface area contributed by atoms with Gasteiger partial charge < -0.3 is 20.1 Å². The number of hydrogen-bond donors (Lipinski definition) is 2. The standard InChI is InChI=1S/C96H38N2O6S2/c1-95(2,3)27-13-24-12-25(14-27)94(102)98-17-23-6-10-29(11-7-23)104-32(100)21-106-19-30-26(18-105-20-31(99)103-28-8-4-22(5-9-28)16-97-93(24)101)15-96-90-33(30)34-35-36-37-38-39-41-40-42-44(39)55-57-56-48(42)50-47-43(40)46-49-45(41)52-51(38)60(36)70-71-62(52)58(49)66-64-53(46)54(47)65-67-59(50)63(56)74-75-68(57)69(61(37)55)79(35)86(90)84(75)87-81(74)77(67)83-73(65)72(64)82-76(66)80(71)85(78(34)70)91(96)88(82)89(83)92(87)96/h4-14,33,90H,15-21H2,1-3H3,(H,97,101)(H,98,102). The van der Waals surface area contributed by atoms with Crippen molar-refractivity contribution >= 4 is 338 Å². The third-order valence-electron chi connectivity index (χ3n) is 31.5. The number of esters is 2.